The summed E-state index contributed by atoms with van der Waals surface area (Å²) in [6, 6.07) is 2.67. The van der Waals surface area contributed by atoms with Crippen LogP contribution in [0.3, 0.4) is 0 Å². The summed E-state index contributed by atoms with van der Waals surface area (Å²) in [6.07, 6.45) is 0. The zero-order chi connectivity index (χ0) is 15.8. The minimum atomic E-state index is -1.28. The highest BCUT2D eigenvalue weighted by molar-refractivity contribution is 5.59. The second-order valence-corrected chi connectivity index (χ2v) is 5.63. The summed E-state index contributed by atoms with van der Waals surface area (Å²) in [5, 5.41) is 2.52. The van der Waals surface area contributed by atoms with E-state index in [0.717, 1.165) is 6.07 Å². The van der Waals surface area contributed by atoms with Gasteiger partial charge in [0, 0.05) is 23.6 Å². The molecule has 2 rings (SSSR count). The molecule has 0 saturated carbocycles. The van der Waals surface area contributed by atoms with Crippen molar-refractivity contribution in [1.82, 2.24) is 9.97 Å². The second kappa shape index (κ2) is 5.23. The molecule has 0 aliphatic rings. The topological polar surface area (TPSA) is 63.8 Å². The molecule has 0 unspecified atom stereocenters. The van der Waals surface area contributed by atoms with Crippen molar-refractivity contribution < 1.29 is 13.2 Å². The summed E-state index contributed by atoms with van der Waals surface area (Å²) in [5.74, 6) is -2.59. The first-order valence-electron chi connectivity index (χ1n) is 6.23. The minimum Gasteiger partial charge on any atom is -0.384 e. The highest BCUT2D eigenvalue weighted by atomic mass is 19.2. The van der Waals surface area contributed by atoms with Gasteiger partial charge in [-0.05, 0) is 0 Å². The summed E-state index contributed by atoms with van der Waals surface area (Å²) >= 11 is 0. The van der Waals surface area contributed by atoms with Gasteiger partial charge >= 0.3 is 0 Å². The molecule has 0 radical (unpaired) electrons. The number of halogens is 3. The van der Waals surface area contributed by atoms with Gasteiger partial charge in [0.2, 0.25) is 0 Å². The maximum absolute atomic E-state index is 13.6. The molecule has 0 aliphatic heterocycles. The Morgan fingerprint density at radius 2 is 1.71 bits per heavy atom. The third kappa shape index (κ3) is 3.42. The van der Waals surface area contributed by atoms with Gasteiger partial charge in [0.25, 0.3) is 0 Å². The predicted octanol–water partition coefficient (Wildman–Crippen LogP) is 3.52. The van der Waals surface area contributed by atoms with Crippen molar-refractivity contribution in [2.24, 2.45) is 0 Å². The van der Waals surface area contributed by atoms with Crippen LogP contribution in [0.15, 0.2) is 18.2 Å². The number of hydrogen-bond donors (Lipinski definition) is 2. The van der Waals surface area contributed by atoms with E-state index in [4.69, 9.17) is 5.73 Å². The molecule has 21 heavy (non-hydrogen) atoms. The van der Waals surface area contributed by atoms with Crippen molar-refractivity contribution in [2.45, 2.75) is 26.2 Å². The number of nitrogens with zero attached hydrogens (tertiary/aromatic N) is 2. The molecule has 0 aliphatic carbocycles. The monoisotopic (exact) mass is 296 g/mol. The molecule has 1 aromatic carbocycles. The first-order chi connectivity index (χ1) is 9.66. The highest BCUT2D eigenvalue weighted by Crippen LogP contribution is 2.25. The Balaban J connectivity index is 2.43. The molecule has 4 nitrogen and oxygen atoms in total. The zero-order valence-corrected chi connectivity index (χ0v) is 11.8. The van der Waals surface area contributed by atoms with E-state index in [1.807, 2.05) is 20.8 Å². The fourth-order valence-corrected chi connectivity index (χ4v) is 1.65. The summed E-state index contributed by atoms with van der Waals surface area (Å²) in [4.78, 5) is 8.28. The van der Waals surface area contributed by atoms with Crippen molar-refractivity contribution in [2.75, 3.05) is 11.1 Å². The average molecular weight is 296 g/mol. The number of nitrogens with two attached hydrogens (primary N) is 1. The van der Waals surface area contributed by atoms with E-state index in [1.54, 1.807) is 0 Å². The highest BCUT2D eigenvalue weighted by Gasteiger charge is 2.19. The molecule has 0 saturated heterocycles. The van der Waals surface area contributed by atoms with Crippen molar-refractivity contribution in [3.05, 3.63) is 41.5 Å². The van der Waals surface area contributed by atoms with Gasteiger partial charge in [-0.2, -0.15) is 0 Å². The van der Waals surface area contributed by atoms with E-state index in [9.17, 15) is 13.2 Å². The summed E-state index contributed by atoms with van der Waals surface area (Å²) in [5.41, 5.74) is 4.94. The molecular weight excluding hydrogens is 281 g/mol. The Morgan fingerprint density at radius 3 is 2.33 bits per heavy atom. The molecule has 2 aromatic rings. The number of hydrogen-bond acceptors (Lipinski definition) is 4. The fraction of sp³-hybridized carbons (Fsp3) is 0.286. The van der Waals surface area contributed by atoms with Gasteiger partial charge in [-0.25, -0.2) is 23.1 Å². The lowest BCUT2D eigenvalue weighted by Crippen LogP contribution is -2.17. The maximum atomic E-state index is 13.6. The van der Waals surface area contributed by atoms with Gasteiger partial charge in [-0.15, -0.1) is 0 Å². The van der Waals surface area contributed by atoms with Gasteiger partial charge in [0.15, 0.2) is 11.6 Å². The van der Waals surface area contributed by atoms with Gasteiger partial charge < -0.3 is 11.1 Å². The van der Waals surface area contributed by atoms with Crippen LogP contribution in [0, 0.1) is 17.5 Å². The molecule has 112 valence electrons. The van der Waals surface area contributed by atoms with Crippen LogP contribution in [-0.4, -0.2) is 9.97 Å². The number of anilines is 3. The number of benzene rings is 1. The SMILES string of the molecule is CC(C)(C)c1nc(N)cc(Nc2cc(F)cc(F)c2F)n1. The Labute approximate surface area is 120 Å². The number of nitrogens with one attached hydrogen (secondary N) is 1. The molecule has 0 atom stereocenters. The lowest BCUT2D eigenvalue weighted by atomic mass is 9.96. The molecule has 1 aromatic heterocycles. The van der Waals surface area contributed by atoms with Crippen LogP contribution in [0.4, 0.5) is 30.5 Å². The number of aromatic nitrogens is 2. The van der Waals surface area contributed by atoms with Crippen LogP contribution in [0.1, 0.15) is 26.6 Å². The smallest absolute Gasteiger partial charge is 0.182 e. The molecule has 0 spiro atoms. The molecule has 3 N–H and O–H groups in total. The number of rotatable bonds is 2. The van der Waals surface area contributed by atoms with Gasteiger partial charge in [-0.1, -0.05) is 20.8 Å². The largest absolute Gasteiger partial charge is 0.384 e. The Morgan fingerprint density at radius 1 is 1.05 bits per heavy atom. The standard InChI is InChI=1S/C14H15F3N4/c1-14(2,3)13-20-10(18)6-11(21-13)19-9-5-7(15)4-8(16)12(9)17/h4-6H,1-3H3,(H3,18,19,20,21). The third-order valence-corrected chi connectivity index (χ3v) is 2.67. The average Bonchev–Trinajstić information content (AvgIpc) is 2.33. The Hall–Kier alpha value is -2.31. The van der Waals surface area contributed by atoms with E-state index in [1.165, 1.54) is 6.07 Å². The quantitative estimate of drug-likeness (QED) is 0.832. The molecule has 7 heteroatoms. The first kappa shape index (κ1) is 15.1. The van der Waals surface area contributed by atoms with Gasteiger partial charge in [-0.3, -0.25) is 0 Å². The summed E-state index contributed by atoms with van der Waals surface area (Å²) in [7, 11) is 0. The molecule has 0 amide bonds. The lowest BCUT2D eigenvalue weighted by molar-refractivity contribution is 0.498. The number of nitrogen functional groups attached to an aromatic ring is 1. The van der Waals surface area contributed by atoms with Crippen molar-refractivity contribution in [3.63, 3.8) is 0 Å². The van der Waals surface area contributed by atoms with E-state index in [-0.39, 0.29) is 22.7 Å². The lowest BCUT2D eigenvalue weighted by Gasteiger charge is -2.18. The minimum absolute atomic E-state index is 0.163. The summed E-state index contributed by atoms with van der Waals surface area (Å²) in [6.45, 7) is 5.65. The Kier molecular flexibility index (Phi) is 3.76. The zero-order valence-electron chi connectivity index (χ0n) is 11.8. The summed E-state index contributed by atoms with van der Waals surface area (Å²) < 4.78 is 40.0. The van der Waals surface area contributed by atoms with Gasteiger partial charge in [0.05, 0.1) is 5.69 Å². The predicted molar refractivity (Wildman–Crippen MR) is 74.7 cm³/mol. The van der Waals surface area contributed by atoms with Crippen LogP contribution in [0.5, 0.6) is 0 Å². The third-order valence-electron chi connectivity index (χ3n) is 2.67. The fourth-order valence-electron chi connectivity index (χ4n) is 1.65. The van der Waals surface area contributed by atoms with Crippen molar-refractivity contribution in [3.8, 4) is 0 Å². The van der Waals surface area contributed by atoms with E-state index in [2.05, 4.69) is 15.3 Å². The van der Waals surface area contributed by atoms with Crippen LogP contribution in [-0.2, 0) is 5.41 Å². The van der Waals surface area contributed by atoms with Crippen LogP contribution >= 0.6 is 0 Å². The van der Waals surface area contributed by atoms with Crippen LogP contribution in [0.25, 0.3) is 0 Å². The molecule has 0 fully saturated rings. The van der Waals surface area contributed by atoms with Gasteiger partial charge in [0.1, 0.15) is 23.3 Å². The van der Waals surface area contributed by atoms with Crippen molar-refractivity contribution >= 4 is 17.3 Å². The van der Waals surface area contributed by atoms with Crippen LogP contribution in [0.2, 0.25) is 0 Å². The normalized spacial score (nSPS) is 11.5. The van der Waals surface area contributed by atoms with E-state index in [0.29, 0.717) is 11.9 Å². The van der Waals surface area contributed by atoms with Crippen molar-refractivity contribution in [1.29, 1.82) is 0 Å². The molecule has 1 heterocycles. The molecule has 0 bridgehead atoms. The maximum Gasteiger partial charge on any atom is 0.182 e. The molecular formula is C14H15F3N4. The van der Waals surface area contributed by atoms with E-state index >= 15 is 0 Å². The first-order valence-corrected chi connectivity index (χ1v) is 6.23. The van der Waals surface area contributed by atoms with E-state index < -0.39 is 17.5 Å². The second-order valence-electron chi connectivity index (χ2n) is 5.63. The Bertz CT molecular complexity index is 681. The van der Waals surface area contributed by atoms with Crippen LogP contribution < -0.4 is 11.1 Å².